The highest BCUT2D eigenvalue weighted by Crippen LogP contribution is 2.28. The van der Waals surface area contributed by atoms with Gasteiger partial charge in [-0.25, -0.2) is 0 Å². The second kappa shape index (κ2) is 10.3. The van der Waals surface area contributed by atoms with Gasteiger partial charge in [-0.3, -0.25) is 9.59 Å². The fourth-order valence-electron chi connectivity index (χ4n) is 2.80. The maximum absolute atomic E-state index is 12.2. The summed E-state index contributed by atoms with van der Waals surface area (Å²) in [6.45, 7) is 3.87. The highest BCUT2D eigenvalue weighted by Gasteiger charge is 2.14. The number of carbonyl (C=O) groups excluding carboxylic acids is 2. The minimum Gasteiger partial charge on any atom is -0.493 e. The molecule has 0 fully saturated rings. The van der Waals surface area contributed by atoms with Gasteiger partial charge >= 0.3 is 5.97 Å². The molecule has 0 saturated carbocycles. The number of esters is 1. The van der Waals surface area contributed by atoms with Crippen LogP contribution in [0.2, 0.25) is 0 Å². The van der Waals surface area contributed by atoms with E-state index in [1.165, 1.54) is 7.11 Å². The lowest BCUT2D eigenvalue weighted by atomic mass is 9.97. The van der Waals surface area contributed by atoms with Crippen molar-refractivity contribution in [2.45, 2.75) is 32.6 Å². The zero-order chi connectivity index (χ0) is 20.5. The van der Waals surface area contributed by atoms with Gasteiger partial charge in [0.2, 0.25) is 0 Å². The van der Waals surface area contributed by atoms with Gasteiger partial charge in [-0.2, -0.15) is 0 Å². The van der Waals surface area contributed by atoms with Gasteiger partial charge in [-0.15, -0.1) is 0 Å². The number of hydrogen-bond donors (Lipinski definition) is 1. The Morgan fingerprint density at radius 1 is 1.04 bits per heavy atom. The summed E-state index contributed by atoms with van der Waals surface area (Å²) in [6, 6.07) is 12.8. The van der Waals surface area contributed by atoms with Crippen LogP contribution < -0.4 is 14.8 Å². The van der Waals surface area contributed by atoms with E-state index in [9.17, 15) is 9.59 Å². The normalized spacial score (nSPS) is 11.4. The average Bonchev–Trinajstić information content (AvgIpc) is 2.72. The summed E-state index contributed by atoms with van der Waals surface area (Å²) in [6.07, 6.45) is 1.00. The number of ether oxygens (including phenoxy) is 3. The number of methoxy groups -OCH3 is 2. The van der Waals surface area contributed by atoms with E-state index >= 15 is 0 Å². The Morgan fingerprint density at radius 3 is 2.43 bits per heavy atom. The summed E-state index contributed by atoms with van der Waals surface area (Å²) in [5.41, 5.74) is 2.53. The molecule has 0 unspecified atom stereocenters. The summed E-state index contributed by atoms with van der Waals surface area (Å²) in [5, 5.41) is 2.83. The minimum absolute atomic E-state index is 0.0388. The standard InChI is InChI=1S/C22H27NO5/c1-5-15(2)17-8-6-7-9-18(17)23-21(24)14-28-22(25)13-16-10-11-19(26-3)20(12-16)27-4/h6-12,15H,5,13-14H2,1-4H3,(H,23,24)/t15-/m1/s1. The molecule has 1 atom stereocenters. The Bertz CT molecular complexity index is 818. The summed E-state index contributed by atoms with van der Waals surface area (Å²) in [5.74, 6) is 0.587. The predicted octanol–water partition coefficient (Wildman–Crippen LogP) is 3.94. The highest BCUT2D eigenvalue weighted by molar-refractivity contribution is 5.93. The maximum Gasteiger partial charge on any atom is 0.310 e. The average molecular weight is 385 g/mol. The SMILES string of the molecule is CC[C@@H](C)c1ccccc1NC(=O)COC(=O)Cc1ccc(OC)c(OC)c1. The number of amides is 1. The monoisotopic (exact) mass is 385 g/mol. The van der Waals surface area contributed by atoms with E-state index in [2.05, 4.69) is 19.2 Å². The topological polar surface area (TPSA) is 73.9 Å². The number of rotatable bonds is 9. The fraction of sp³-hybridized carbons (Fsp3) is 0.364. The van der Waals surface area contributed by atoms with Crippen LogP contribution in [0.3, 0.4) is 0 Å². The van der Waals surface area contributed by atoms with Crippen LogP contribution in [0.25, 0.3) is 0 Å². The van der Waals surface area contributed by atoms with Gasteiger partial charge in [0.05, 0.1) is 20.6 Å². The molecule has 0 aliphatic carbocycles. The first-order valence-electron chi connectivity index (χ1n) is 9.23. The summed E-state index contributed by atoms with van der Waals surface area (Å²) in [4.78, 5) is 24.3. The molecule has 0 aliphatic rings. The van der Waals surface area contributed by atoms with E-state index in [1.54, 1.807) is 25.3 Å². The second-order valence-corrected chi connectivity index (χ2v) is 6.47. The largest absolute Gasteiger partial charge is 0.493 e. The lowest BCUT2D eigenvalue weighted by Crippen LogP contribution is -2.22. The third-order valence-electron chi connectivity index (χ3n) is 4.54. The first kappa shape index (κ1) is 21.3. The molecule has 2 aromatic carbocycles. The first-order chi connectivity index (χ1) is 13.5. The second-order valence-electron chi connectivity index (χ2n) is 6.47. The number of benzene rings is 2. The van der Waals surface area contributed by atoms with Crippen LogP contribution in [0.1, 0.15) is 37.3 Å². The van der Waals surface area contributed by atoms with E-state index < -0.39 is 5.97 Å². The molecule has 2 rings (SSSR count). The summed E-state index contributed by atoms with van der Waals surface area (Å²) in [7, 11) is 3.07. The number of nitrogens with one attached hydrogen (secondary N) is 1. The molecule has 0 aromatic heterocycles. The number of carbonyl (C=O) groups is 2. The molecular formula is C22H27NO5. The van der Waals surface area contributed by atoms with Gasteiger partial charge in [-0.05, 0) is 41.7 Å². The van der Waals surface area contributed by atoms with E-state index in [-0.39, 0.29) is 18.9 Å². The van der Waals surface area contributed by atoms with Crippen LogP contribution in [0.15, 0.2) is 42.5 Å². The molecule has 6 nitrogen and oxygen atoms in total. The molecule has 150 valence electrons. The van der Waals surface area contributed by atoms with E-state index in [4.69, 9.17) is 14.2 Å². The maximum atomic E-state index is 12.2. The van der Waals surface area contributed by atoms with Crippen LogP contribution in [0, 0.1) is 0 Å². The van der Waals surface area contributed by atoms with Crippen LogP contribution in [-0.4, -0.2) is 32.7 Å². The molecule has 0 heterocycles. The molecular weight excluding hydrogens is 358 g/mol. The quantitative estimate of drug-likeness (QED) is 0.662. The van der Waals surface area contributed by atoms with E-state index in [1.807, 2.05) is 24.3 Å². The predicted molar refractivity (Wildman–Crippen MR) is 108 cm³/mol. The lowest BCUT2D eigenvalue weighted by Gasteiger charge is -2.15. The number of para-hydroxylation sites is 1. The number of anilines is 1. The van der Waals surface area contributed by atoms with Crippen LogP contribution in [0.4, 0.5) is 5.69 Å². The molecule has 0 spiro atoms. The van der Waals surface area contributed by atoms with Gasteiger partial charge in [0, 0.05) is 5.69 Å². The van der Waals surface area contributed by atoms with Gasteiger partial charge in [0.1, 0.15) is 0 Å². The van der Waals surface area contributed by atoms with Crippen molar-refractivity contribution in [3.8, 4) is 11.5 Å². The summed E-state index contributed by atoms with van der Waals surface area (Å²) < 4.78 is 15.5. The Kier molecular flexibility index (Phi) is 7.87. The van der Waals surface area contributed by atoms with Gasteiger partial charge in [0.25, 0.3) is 5.91 Å². The van der Waals surface area contributed by atoms with Crippen LogP contribution in [-0.2, 0) is 20.7 Å². The molecule has 6 heteroatoms. The fourth-order valence-corrected chi connectivity index (χ4v) is 2.80. The van der Waals surface area contributed by atoms with Crippen molar-refractivity contribution in [2.24, 2.45) is 0 Å². The van der Waals surface area contributed by atoms with Crippen molar-refractivity contribution >= 4 is 17.6 Å². The van der Waals surface area contributed by atoms with Crippen LogP contribution >= 0.6 is 0 Å². The molecule has 28 heavy (non-hydrogen) atoms. The zero-order valence-corrected chi connectivity index (χ0v) is 16.8. The van der Waals surface area contributed by atoms with Crippen LogP contribution in [0.5, 0.6) is 11.5 Å². The Labute approximate surface area is 165 Å². The van der Waals surface area contributed by atoms with Crippen molar-refractivity contribution in [2.75, 3.05) is 26.1 Å². The van der Waals surface area contributed by atoms with Crippen molar-refractivity contribution in [3.05, 3.63) is 53.6 Å². The smallest absolute Gasteiger partial charge is 0.310 e. The van der Waals surface area contributed by atoms with Crippen molar-refractivity contribution in [1.29, 1.82) is 0 Å². The van der Waals surface area contributed by atoms with E-state index in [0.29, 0.717) is 23.0 Å². The molecule has 1 amide bonds. The minimum atomic E-state index is -0.488. The number of hydrogen-bond acceptors (Lipinski definition) is 5. The van der Waals surface area contributed by atoms with Gasteiger partial charge < -0.3 is 19.5 Å². The Balaban J connectivity index is 1.90. The zero-order valence-electron chi connectivity index (χ0n) is 16.8. The third-order valence-corrected chi connectivity index (χ3v) is 4.54. The Hall–Kier alpha value is -3.02. The molecule has 1 N–H and O–H groups in total. The van der Waals surface area contributed by atoms with Gasteiger partial charge in [0.15, 0.2) is 18.1 Å². The van der Waals surface area contributed by atoms with Crippen molar-refractivity contribution in [1.82, 2.24) is 0 Å². The van der Waals surface area contributed by atoms with E-state index in [0.717, 1.165) is 17.7 Å². The third kappa shape index (κ3) is 5.74. The molecule has 0 aliphatic heterocycles. The highest BCUT2D eigenvalue weighted by atomic mass is 16.5. The van der Waals surface area contributed by atoms with Crippen molar-refractivity contribution < 1.29 is 23.8 Å². The van der Waals surface area contributed by atoms with Crippen molar-refractivity contribution in [3.63, 3.8) is 0 Å². The van der Waals surface area contributed by atoms with Gasteiger partial charge in [-0.1, -0.05) is 38.1 Å². The molecule has 0 radical (unpaired) electrons. The molecule has 2 aromatic rings. The first-order valence-corrected chi connectivity index (χ1v) is 9.23. The lowest BCUT2D eigenvalue weighted by molar-refractivity contribution is -0.146. The summed E-state index contributed by atoms with van der Waals surface area (Å²) >= 11 is 0. The Morgan fingerprint density at radius 2 is 1.75 bits per heavy atom. The molecule has 0 bridgehead atoms. The molecule has 0 saturated heterocycles.